The molecule has 1 heterocycles. The summed E-state index contributed by atoms with van der Waals surface area (Å²) in [5.74, 6) is 1.31. The fourth-order valence-electron chi connectivity index (χ4n) is 2.41. The molecule has 0 spiro atoms. The third-order valence-corrected chi connectivity index (χ3v) is 3.30. The first-order chi connectivity index (χ1) is 7.11. The van der Waals surface area contributed by atoms with Gasteiger partial charge in [0.15, 0.2) is 5.82 Å². The van der Waals surface area contributed by atoms with E-state index < -0.39 is 5.60 Å². The van der Waals surface area contributed by atoms with Crippen molar-refractivity contribution < 1.29 is 5.11 Å². The smallest absolute Gasteiger partial charge is 0.177 e. The average Bonchev–Trinajstić information content (AvgIpc) is 2.74. The third-order valence-electron chi connectivity index (χ3n) is 3.30. The van der Waals surface area contributed by atoms with Gasteiger partial charge in [-0.25, -0.2) is 0 Å². The van der Waals surface area contributed by atoms with Gasteiger partial charge in [0.1, 0.15) is 0 Å². The number of hydrogen-bond donors (Lipinski definition) is 1. The Morgan fingerprint density at radius 1 is 1.60 bits per heavy atom. The predicted molar refractivity (Wildman–Crippen MR) is 55.1 cm³/mol. The van der Waals surface area contributed by atoms with Crippen LogP contribution >= 0.6 is 0 Å². The van der Waals surface area contributed by atoms with Gasteiger partial charge in [-0.15, -0.1) is 10.2 Å². The summed E-state index contributed by atoms with van der Waals surface area (Å²) in [6.07, 6.45) is 4.55. The molecule has 1 aromatic rings. The molecule has 0 radical (unpaired) electrons. The first-order valence-electron chi connectivity index (χ1n) is 5.56. The van der Waals surface area contributed by atoms with Crippen LogP contribution in [-0.4, -0.2) is 30.9 Å². The van der Waals surface area contributed by atoms with Crippen LogP contribution < -0.4 is 0 Å². The number of tetrazole rings is 1. The number of aromatic nitrogens is 4. The van der Waals surface area contributed by atoms with Crippen LogP contribution in [0.1, 0.15) is 38.4 Å². The van der Waals surface area contributed by atoms with E-state index in [9.17, 15) is 5.11 Å². The lowest BCUT2D eigenvalue weighted by Gasteiger charge is -2.20. The minimum absolute atomic E-state index is 0.539. The molecule has 1 saturated carbocycles. The van der Waals surface area contributed by atoms with E-state index in [0.29, 0.717) is 18.2 Å². The van der Waals surface area contributed by atoms with Gasteiger partial charge in [0, 0.05) is 6.42 Å². The summed E-state index contributed by atoms with van der Waals surface area (Å²) in [6.45, 7) is 2.18. The van der Waals surface area contributed by atoms with Crippen LogP contribution in [0, 0.1) is 5.92 Å². The molecule has 2 rings (SSSR count). The van der Waals surface area contributed by atoms with Crippen LogP contribution in [0.25, 0.3) is 0 Å². The highest BCUT2D eigenvalue weighted by Gasteiger charge is 2.37. The second kappa shape index (κ2) is 3.89. The Balaban J connectivity index is 2.00. The van der Waals surface area contributed by atoms with Gasteiger partial charge in [-0.1, -0.05) is 13.3 Å². The number of nitrogens with zero attached hydrogens (tertiary/aromatic N) is 4. The van der Waals surface area contributed by atoms with Gasteiger partial charge in [0.2, 0.25) is 0 Å². The van der Waals surface area contributed by atoms with E-state index in [1.165, 1.54) is 4.80 Å². The molecule has 0 amide bonds. The molecule has 1 aromatic heterocycles. The van der Waals surface area contributed by atoms with E-state index in [1.807, 2.05) is 0 Å². The van der Waals surface area contributed by atoms with E-state index in [-0.39, 0.29) is 0 Å². The molecule has 1 N–H and O–H groups in total. The molecule has 0 saturated heterocycles. The molecule has 1 fully saturated rings. The summed E-state index contributed by atoms with van der Waals surface area (Å²) >= 11 is 0. The van der Waals surface area contributed by atoms with Crippen LogP contribution in [0.4, 0.5) is 0 Å². The molecular formula is C10H18N4O. The summed E-state index contributed by atoms with van der Waals surface area (Å²) in [5.41, 5.74) is -0.594. The van der Waals surface area contributed by atoms with Crippen LogP contribution in [0.2, 0.25) is 0 Å². The number of hydrogen-bond acceptors (Lipinski definition) is 4. The molecule has 5 nitrogen and oxygen atoms in total. The molecule has 2 atom stereocenters. The van der Waals surface area contributed by atoms with Gasteiger partial charge in [0.25, 0.3) is 0 Å². The lowest BCUT2D eigenvalue weighted by molar-refractivity contribution is 0.0416. The molecular weight excluding hydrogens is 192 g/mol. The maximum absolute atomic E-state index is 10.3. The van der Waals surface area contributed by atoms with Crippen molar-refractivity contribution >= 4 is 0 Å². The van der Waals surface area contributed by atoms with Crippen LogP contribution in [0.3, 0.4) is 0 Å². The van der Waals surface area contributed by atoms with Crippen LogP contribution in [0.5, 0.6) is 0 Å². The number of aliphatic hydroxyl groups is 1. The van der Waals surface area contributed by atoms with E-state index >= 15 is 0 Å². The van der Waals surface area contributed by atoms with Gasteiger partial charge in [-0.05, 0) is 30.4 Å². The minimum atomic E-state index is -0.594. The van der Waals surface area contributed by atoms with Gasteiger partial charge in [0.05, 0.1) is 12.6 Å². The van der Waals surface area contributed by atoms with Crippen molar-refractivity contribution in [1.82, 2.24) is 20.2 Å². The Labute approximate surface area is 89.5 Å². The molecule has 2 unspecified atom stereocenters. The van der Waals surface area contributed by atoms with E-state index in [2.05, 4.69) is 22.3 Å². The van der Waals surface area contributed by atoms with Crippen molar-refractivity contribution in [1.29, 1.82) is 0 Å². The Bertz CT molecular complexity index is 338. The normalized spacial score (nSPS) is 31.0. The zero-order chi connectivity index (χ0) is 10.9. The summed E-state index contributed by atoms with van der Waals surface area (Å²) in [5, 5.41) is 22.1. The summed E-state index contributed by atoms with van der Waals surface area (Å²) < 4.78 is 0. The summed E-state index contributed by atoms with van der Waals surface area (Å²) in [4.78, 5) is 1.44. The second-order valence-corrected chi connectivity index (χ2v) is 4.61. The fourth-order valence-corrected chi connectivity index (χ4v) is 2.41. The lowest BCUT2D eigenvalue weighted by Crippen LogP contribution is -2.28. The molecule has 0 aromatic carbocycles. The van der Waals surface area contributed by atoms with E-state index in [0.717, 1.165) is 25.7 Å². The van der Waals surface area contributed by atoms with Crippen molar-refractivity contribution in [2.75, 3.05) is 0 Å². The van der Waals surface area contributed by atoms with Crippen molar-refractivity contribution in [3.05, 3.63) is 5.82 Å². The Hall–Kier alpha value is -0.970. The van der Waals surface area contributed by atoms with Gasteiger partial charge >= 0.3 is 0 Å². The maximum atomic E-state index is 10.3. The molecule has 0 aliphatic heterocycles. The van der Waals surface area contributed by atoms with Gasteiger partial charge in [-0.2, -0.15) is 4.80 Å². The van der Waals surface area contributed by atoms with Crippen LogP contribution in [0.15, 0.2) is 0 Å². The van der Waals surface area contributed by atoms with Crippen molar-refractivity contribution in [2.45, 2.75) is 44.6 Å². The highest BCUT2D eigenvalue weighted by molar-refractivity contribution is 4.96. The zero-order valence-corrected chi connectivity index (χ0v) is 9.35. The minimum Gasteiger partial charge on any atom is -0.389 e. The molecule has 1 aliphatic rings. The molecule has 0 bridgehead atoms. The third kappa shape index (κ3) is 2.34. The summed E-state index contributed by atoms with van der Waals surface area (Å²) in [7, 11) is 1.74. The van der Waals surface area contributed by atoms with Gasteiger partial charge < -0.3 is 5.11 Å². The first-order valence-corrected chi connectivity index (χ1v) is 5.56. The van der Waals surface area contributed by atoms with Crippen molar-refractivity contribution in [3.63, 3.8) is 0 Å². The largest absolute Gasteiger partial charge is 0.389 e. The maximum Gasteiger partial charge on any atom is 0.177 e. The molecule has 5 heteroatoms. The van der Waals surface area contributed by atoms with E-state index in [4.69, 9.17) is 0 Å². The average molecular weight is 210 g/mol. The van der Waals surface area contributed by atoms with Crippen molar-refractivity contribution in [2.24, 2.45) is 13.0 Å². The number of rotatable bonds is 3. The Morgan fingerprint density at radius 3 is 2.93 bits per heavy atom. The SMILES string of the molecule is CCC1CCC(O)(Cc2nnn(C)n2)C1. The highest BCUT2D eigenvalue weighted by atomic mass is 16.3. The highest BCUT2D eigenvalue weighted by Crippen LogP contribution is 2.37. The molecule has 15 heavy (non-hydrogen) atoms. The molecule has 1 aliphatic carbocycles. The number of aryl methyl sites for hydroxylation is 1. The Kier molecular flexibility index (Phi) is 2.73. The van der Waals surface area contributed by atoms with Crippen molar-refractivity contribution in [3.8, 4) is 0 Å². The Morgan fingerprint density at radius 2 is 2.40 bits per heavy atom. The van der Waals surface area contributed by atoms with E-state index in [1.54, 1.807) is 7.05 Å². The summed E-state index contributed by atoms with van der Waals surface area (Å²) in [6, 6.07) is 0. The second-order valence-electron chi connectivity index (χ2n) is 4.61. The van der Waals surface area contributed by atoms with Gasteiger partial charge in [-0.3, -0.25) is 0 Å². The lowest BCUT2D eigenvalue weighted by atomic mass is 9.95. The molecule has 84 valence electrons. The monoisotopic (exact) mass is 210 g/mol. The fraction of sp³-hybridized carbons (Fsp3) is 0.900. The quantitative estimate of drug-likeness (QED) is 0.797. The zero-order valence-electron chi connectivity index (χ0n) is 9.35. The predicted octanol–water partition coefficient (Wildman–Crippen LogP) is 0.694. The topological polar surface area (TPSA) is 63.8 Å². The first kappa shape index (κ1) is 10.5. The standard InChI is InChI=1S/C10H18N4O/c1-3-8-4-5-10(15,6-8)7-9-11-13-14(2)12-9/h8,15H,3-7H2,1-2H3. The van der Waals surface area contributed by atoms with Crippen LogP contribution in [-0.2, 0) is 13.5 Å².